The second-order valence-electron chi connectivity index (χ2n) is 6.43. The van der Waals surface area contributed by atoms with Crippen LogP contribution in [0.4, 0.5) is 0 Å². The average molecular weight is 227 g/mol. The minimum atomic E-state index is 0.389. The molecular weight excluding hydrogens is 198 g/mol. The summed E-state index contributed by atoms with van der Waals surface area (Å²) in [6, 6.07) is 0. The highest BCUT2D eigenvalue weighted by molar-refractivity contribution is 4.75. The lowest BCUT2D eigenvalue weighted by Gasteiger charge is -2.30. The van der Waals surface area contributed by atoms with Crippen LogP contribution in [0.3, 0.4) is 0 Å². The molecule has 0 aromatic carbocycles. The third-order valence-corrected chi connectivity index (χ3v) is 3.70. The van der Waals surface area contributed by atoms with Gasteiger partial charge in [-0.15, -0.1) is 0 Å². The van der Waals surface area contributed by atoms with E-state index in [9.17, 15) is 0 Å². The maximum Gasteiger partial charge on any atom is 0.0497 e. The van der Waals surface area contributed by atoms with Crippen LogP contribution in [0, 0.1) is 17.3 Å². The molecule has 0 aromatic rings. The van der Waals surface area contributed by atoms with Crippen molar-refractivity contribution in [3.05, 3.63) is 0 Å². The van der Waals surface area contributed by atoms with E-state index in [2.05, 4.69) is 20.8 Å². The molecule has 96 valence electrons. The van der Waals surface area contributed by atoms with Crippen molar-refractivity contribution in [1.82, 2.24) is 0 Å². The quantitative estimate of drug-likeness (QED) is 0.732. The number of hydrogen-bond acceptors (Lipinski definition) is 2. The summed E-state index contributed by atoms with van der Waals surface area (Å²) in [5.41, 5.74) is 6.20. The number of hydrogen-bond donors (Lipinski definition) is 1. The molecule has 0 spiro atoms. The lowest BCUT2D eigenvalue weighted by Crippen LogP contribution is -2.30. The van der Waals surface area contributed by atoms with E-state index in [1.807, 2.05) is 0 Å². The van der Waals surface area contributed by atoms with E-state index < -0.39 is 0 Å². The van der Waals surface area contributed by atoms with Crippen LogP contribution in [0.15, 0.2) is 0 Å². The lowest BCUT2D eigenvalue weighted by molar-refractivity contribution is 0.0481. The van der Waals surface area contributed by atoms with Gasteiger partial charge >= 0.3 is 0 Å². The zero-order valence-corrected chi connectivity index (χ0v) is 11.3. The largest absolute Gasteiger partial charge is 0.381 e. The first kappa shape index (κ1) is 14.0. The highest BCUT2D eigenvalue weighted by Crippen LogP contribution is 2.29. The van der Waals surface area contributed by atoms with Crippen LogP contribution in [0.1, 0.15) is 52.9 Å². The molecule has 1 aliphatic rings. The molecular formula is C14H29NO. The summed E-state index contributed by atoms with van der Waals surface area (Å²) in [6.07, 6.45) is 6.50. The Balaban J connectivity index is 2.15. The van der Waals surface area contributed by atoms with Gasteiger partial charge in [-0.2, -0.15) is 0 Å². The van der Waals surface area contributed by atoms with E-state index in [0.29, 0.717) is 11.3 Å². The summed E-state index contributed by atoms with van der Waals surface area (Å²) in [5, 5.41) is 0. The Morgan fingerprint density at radius 2 is 1.75 bits per heavy atom. The monoisotopic (exact) mass is 227 g/mol. The molecule has 0 aromatic heterocycles. The molecule has 16 heavy (non-hydrogen) atoms. The molecule has 0 aliphatic heterocycles. The van der Waals surface area contributed by atoms with Crippen molar-refractivity contribution in [2.75, 3.05) is 19.8 Å². The molecule has 0 radical (unpaired) electrons. The van der Waals surface area contributed by atoms with Crippen LogP contribution >= 0.6 is 0 Å². The van der Waals surface area contributed by atoms with Crippen LogP contribution in [-0.4, -0.2) is 19.8 Å². The van der Waals surface area contributed by atoms with Gasteiger partial charge in [-0.1, -0.05) is 33.6 Å². The van der Waals surface area contributed by atoms with Crippen molar-refractivity contribution in [3.8, 4) is 0 Å². The molecule has 1 saturated carbocycles. The number of ether oxygens (including phenoxy) is 1. The third kappa shape index (κ3) is 5.31. The summed E-state index contributed by atoms with van der Waals surface area (Å²) in [7, 11) is 0. The zero-order valence-electron chi connectivity index (χ0n) is 11.3. The second kappa shape index (κ2) is 6.61. The molecule has 0 heterocycles. The molecule has 1 fully saturated rings. The van der Waals surface area contributed by atoms with E-state index in [1.54, 1.807) is 0 Å². The summed E-state index contributed by atoms with van der Waals surface area (Å²) < 4.78 is 5.83. The molecule has 0 amide bonds. The molecule has 2 nitrogen and oxygen atoms in total. The number of rotatable bonds is 5. The SMILES string of the molecule is CC(C)(C)CCOCC1CCCCC1CN. The van der Waals surface area contributed by atoms with Crippen molar-refractivity contribution < 1.29 is 4.74 Å². The van der Waals surface area contributed by atoms with Crippen LogP contribution in [0.25, 0.3) is 0 Å². The van der Waals surface area contributed by atoms with Gasteiger partial charge in [-0.05, 0) is 43.1 Å². The van der Waals surface area contributed by atoms with Crippen LogP contribution in [-0.2, 0) is 4.74 Å². The molecule has 1 rings (SSSR count). The van der Waals surface area contributed by atoms with Crippen molar-refractivity contribution >= 4 is 0 Å². The highest BCUT2D eigenvalue weighted by atomic mass is 16.5. The van der Waals surface area contributed by atoms with Gasteiger partial charge in [-0.3, -0.25) is 0 Å². The van der Waals surface area contributed by atoms with Crippen molar-refractivity contribution in [2.24, 2.45) is 23.0 Å². The average Bonchev–Trinajstić information content (AvgIpc) is 2.23. The molecule has 2 heteroatoms. The molecule has 0 bridgehead atoms. The molecule has 2 unspecified atom stereocenters. The van der Waals surface area contributed by atoms with Gasteiger partial charge in [0.05, 0.1) is 0 Å². The first-order chi connectivity index (χ1) is 7.53. The summed E-state index contributed by atoms with van der Waals surface area (Å²) in [4.78, 5) is 0. The van der Waals surface area contributed by atoms with E-state index in [1.165, 1.54) is 25.7 Å². The summed E-state index contributed by atoms with van der Waals surface area (Å²) in [6.45, 7) is 9.46. The van der Waals surface area contributed by atoms with Gasteiger partial charge in [0.2, 0.25) is 0 Å². The minimum absolute atomic E-state index is 0.389. The summed E-state index contributed by atoms with van der Waals surface area (Å²) >= 11 is 0. The minimum Gasteiger partial charge on any atom is -0.381 e. The normalized spacial score (nSPS) is 27.0. The fourth-order valence-electron chi connectivity index (χ4n) is 2.43. The van der Waals surface area contributed by atoms with Crippen molar-refractivity contribution in [2.45, 2.75) is 52.9 Å². The molecule has 0 saturated heterocycles. The van der Waals surface area contributed by atoms with E-state index in [-0.39, 0.29) is 0 Å². The van der Waals surface area contributed by atoms with Gasteiger partial charge in [0.25, 0.3) is 0 Å². The van der Waals surface area contributed by atoms with Gasteiger partial charge in [0.15, 0.2) is 0 Å². The Morgan fingerprint density at radius 1 is 1.12 bits per heavy atom. The summed E-state index contributed by atoms with van der Waals surface area (Å²) in [5.74, 6) is 1.43. The molecule has 2 N–H and O–H groups in total. The van der Waals surface area contributed by atoms with Gasteiger partial charge in [0, 0.05) is 13.2 Å². The van der Waals surface area contributed by atoms with E-state index in [4.69, 9.17) is 10.5 Å². The number of nitrogens with two attached hydrogens (primary N) is 1. The van der Waals surface area contributed by atoms with E-state index in [0.717, 1.165) is 32.1 Å². The maximum atomic E-state index is 5.83. The Bertz CT molecular complexity index is 186. The van der Waals surface area contributed by atoms with Crippen molar-refractivity contribution in [1.29, 1.82) is 0 Å². The molecule has 2 atom stereocenters. The third-order valence-electron chi connectivity index (χ3n) is 3.70. The predicted molar refractivity (Wildman–Crippen MR) is 69.4 cm³/mol. The Labute approximate surface area is 101 Å². The highest BCUT2D eigenvalue weighted by Gasteiger charge is 2.24. The molecule has 1 aliphatic carbocycles. The lowest BCUT2D eigenvalue weighted by atomic mass is 9.80. The predicted octanol–water partition coefficient (Wildman–Crippen LogP) is 3.20. The standard InChI is InChI=1S/C14H29NO/c1-14(2,3)8-9-16-11-13-7-5-4-6-12(13)10-15/h12-13H,4-11,15H2,1-3H3. The smallest absolute Gasteiger partial charge is 0.0497 e. The first-order valence-corrected chi connectivity index (χ1v) is 6.81. The Hall–Kier alpha value is -0.0800. The topological polar surface area (TPSA) is 35.2 Å². The first-order valence-electron chi connectivity index (χ1n) is 6.81. The van der Waals surface area contributed by atoms with Crippen molar-refractivity contribution in [3.63, 3.8) is 0 Å². The van der Waals surface area contributed by atoms with E-state index >= 15 is 0 Å². The fourth-order valence-corrected chi connectivity index (χ4v) is 2.43. The van der Waals surface area contributed by atoms with Crippen LogP contribution < -0.4 is 5.73 Å². The van der Waals surface area contributed by atoms with Gasteiger partial charge in [-0.25, -0.2) is 0 Å². The Kier molecular flexibility index (Phi) is 5.77. The van der Waals surface area contributed by atoms with Gasteiger partial charge < -0.3 is 10.5 Å². The van der Waals surface area contributed by atoms with Crippen LogP contribution in [0.5, 0.6) is 0 Å². The Morgan fingerprint density at radius 3 is 2.31 bits per heavy atom. The second-order valence-corrected chi connectivity index (χ2v) is 6.43. The zero-order chi connectivity index (χ0) is 12.0. The maximum absolute atomic E-state index is 5.83. The fraction of sp³-hybridized carbons (Fsp3) is 1.00. The van der Waals surface area contributed by atoms with Crippen LogP contribution in [0.2, 0.25) is 0 Å². The van der Waals surface area contributed by atoms with Gasteiger partial charge in [0.1, 0.15) is 0 Å².